The molecule has 0 amide bonds. The Morgan fingerprint density at radius 2 is 0.770 bits per heavy atom. The summed E-state index contributed by atoms with van der Waals surface area (Å²) >= 11 is 0. The first-order valence-electron chi connectivity index (χ1n) is 20.9. The smallest absolute Gasteiger partial charge is 0.0561 e. The van der Waals surface area contributed by atoms with Crippen LogP contribution in [0.2, 0.25) is 0 Å². The van der Waals surface area contributed by atoms with E-state index in [2.05, 4.69) is 251 Å². The zero-order valence-electron chi connectivity index (χ0n) is 33.4. The number of anilines is 3. The fraction of sp³-hybridized carbons (Fsp3) is 0. The SMILES string of the molecule is c1ccc(-c2ccccc2N(c2ccc(-c3ccc(-n4c5ccccc5c5cc6ccccc6cc54)cc3)cc2)c2ccc3c4ccccc4n(-c4ccccc4)c3c2)cc1. The lowest BCUT2D eigenvalue weighted by Gasteiger charge is -2.28. The molecule has 0 saturated heterocycles. The Kier molecular flexibility index (Phi) is 8.17. The van der Waals surface area contributed by atoms with Crippen molar-refractivity contribution in [2.45, 2.75) is 0 Å². The summed E-state index contributed by atoms with van der Waals surface area (Å²) in [5, 5.41) is 7.51. The molecule has 0 aliphatic carbocycles. The van der Waals surface area contributed by atoms with Gasteiger partial charge in [0.05, 0.1) is 27.8 Å². The summed E-state index contributed by atoms with van der Waals surface area (Å²) in [5.74, 6) is 0. The lowest BCUT2D eigenvalue weighted by atomic mass is 10.0. The van der Waals surface area contributed by atoms with E-state index in [1.54, 1.807) is 0 Å². The number of nitrogens with zero attached hydrogens (tertiary/aromatic N) is 3. The molecular formula is C58H39N3. The van der Waals surface area contributed by atoms with Crippen LogP contribution in [0, 0.1) is 0 Å². The Balaban J connectivity index is 0.975. The Labute approximate surface area is 354 Å². The molecule has 0 atom stereocenters. The molecule has 0 saturated carbocycles. The van der Waals surface area contributed by atoms with Crippen LogP contribution in [0.1, 0.15) is 0 Å². The Bertz CT molecular complexity index is 3560. The number of rotatable bonds is 7. The molecule has 10 aromatic carbocycles. The number of hydrogen-bond acceptors (Lipinski definition) is 1. The summed E-state index contributed by atoms with van der Waals surface area (Å²) in [6.07, 6.45) is 0. The highest BCUT2D eigenvalue weighted by molar-refractivity contribution is 6.14. The molecule has 286 valence electrons. The van der Waals surface area contributed by atoms with Crippen molar-refractivity contribution in [3.05, 3.63) is 237 Å². The zero-order valence-corrected chi connectivity index (χ0v) is 33.4. The quantitative estimate of drug-likeness (QED) is 0.157. The average molecular weight is 778 g/mol. The highest BCUT2D eigenvalue weighted by Crippen LogP contribution is 2.44. The summed E-state index contributed by atoms with van der Waals surface area (Å²) < 4.78 is 4.80. The summed E-state index contributed by atoms with van der Waals surface area (Å²) in [6, 6.07) is 85.9. The van der Waals surface area contributed by atoms with Crippen LogP contribution in [0.15, 0.2) is 237 Å². The van der Waals surface area contributed by atoms with E-state index in [-0.39, 0.29) is 0 Å². The molecule has 0 radical (unpaired) electrons. The second-order valence-corrected chi connectivity index (χ2v) is 15.8. The Morgan fingerprint density at radius 1 is 0.279 bits per heavy atom. The first kappa shape index (κ1) is 34.9. The third-order valence-corrected chi connectivity index (χ3v) is 12.3. The first-order chi connectivity index (χ1) is 30.3. The topological polar surface area (TPSA) is 13.1 Å². The lowest BCUT2D eigenvalue weighted by Crippen LogP contribution is -2.11. The molecule has 0 unspecified atom stereocenters. The van der Waals surface area contributed by atoms with Gasteiger partial charge in [-0.2, -0.15) is 0 Å². The number of hydrogen-bond donors (Lipinski definition) is 0. The van der Waals surface area contributed by atoms with Crippen molar-refractivity contribution in [2.75, 3.05) is 4.90 Å². The minimum Gasteiger partial charge on any atom is -0.310 e. The van der Waals surface area contributed by atoms with Crippen molar-refractivity contribution in [3.8, 4) is 33.6 Å². The van der Waals surface area contributed by atoms with Crippen molar-refractivity contribution in [2.24, 2.45) is 0 Å². The molecule has 2 aromatic heterocycles. The highest BCUT2D eigenvalue weighted by Gasteiger charge is 2.20. The van der Waals surface area contributed by atoms with Gasteiger partial charge < -0.3 is 14.0 Å². The van der Waals surface area contributed by atoms with Gasteiger partial charge >= 0.3 is 0 Å². The maximum absolute atomic E-state index is 2.41. The van der Waals surface area contributed by atoms with Crippen LogP contribution in [0.25, 0.3) is 88.0 Å². The number of fused-ring (bicyclic) bond motifs is 7. The van der Waals surface area contributed by atoms with Crippen molar-refractivity contribution in [1.82, 2.24) is 9.13 Å². The molecule has 12 aromatic rings. The molecule has 3 heteroatoms. The molecule has 0 bridgehead atoms. The van der Waals surface area contributed by atoms with Gasteiger partial charge in [0.2, 0.25) is 0 Å². The van der Waals surface area contributed by atoms with Crippen LogP contribution in [0.3, 0.4) is 0 Å². The van der Waals surface area contributed by atoms with Gasteiger partial charge in [0.1, 0.15) is 0 Å². The highest BCUT2D eigenvalue weighted by atomic mass is 15.1. The van der Waals surface area contributed by atoms with Crippen molar-refractivity contribution in [1.29, 1.82) is 0 Å². The normalized spacial score (nSPS) is 11.6. The van der Waals surface area contributed by atoms with Crippen LogP contribution in [0.4, 0.5) is 17.1 Å². The van der Waals surface area contributed by atoms with E-state index in [1.165, 1.54) is 76.6 Å². The third kappa shape index (κ3) is 5.82. The molecular weight excluding hydrogens is 739 g/mol. The second-order valence-electron chi connectivity index (χ2n) is 15.8. The van der Waals surface area contributed by atoms with Gasteiger partial charge in [0.15, 0.2) is 0 Å². The van der Waals surface area contributed by atoms with Crippen LogP contribution in [-0.2, 0) is 0 Å². The molecule has 0 aliphatic rings. The molecule has 0 N–H and O–H groups in total. The standard InChI is InChI=1S/C58H39N3/c1-3-15-42(16-4-1)49-21-9-12-24-54(49)59(48-35-36-52-50-22-10-13-25-55(50)60(58(52)39-48)45-19-5-2-6-20-45)46-31-27-40(28-32-46)41-29-33-47(34-30-41)61-56-26-14-11-23-51(56)53-37-43-17-7-8-18-44(43)38-57(53)61/h1-39H. The average Bonchev–Trinajstić information content (AvgIpc) is 3.84. The van der Waals surface area contributed by atoms with Gasteiger partial charge in [-0.3, -0.25) is 0 Å². The van der Waals surface area contributed by atoms with E-state index in [1.807, 2.05) is 0 Å². The predicted octanol–water partition coefficient (Wildman–Crippen LogP) is 15.8. The van der Waals surface area contributed by atoms with E-state index in [0.29, 0.717) is 0 Å². The summed E-state index contributed by atoms with van der Waals surface area (Å²) in [6.45, 7) is 0. The van der Waals surface area contributed by atoms with Gasteiger partial charge in [0.25, 0.3) is 0 Å². The van der Waals surface area contributed by atoms with Crippen molar-refractivity contribution >= 4 is 71.4 Å². The van der Waals surface area contributed by atoms with E-state index in [4.69, 9.17) is 0 Å². The van der Waals surface area contributed by atoms with Gasteiger partial charge in [-0.25, -0.2) is 0 Å². The fourth-order valence-corrected chi connectivity index (χ4v) is 9.45. The predicted molar refractivity (Wildman–Crippen MR) is 258 cm³/mol. The van der Waals surface area contributed by atoms with E-state index < -0.39 is 0 Å². The zero-order chi connectivity index (χ0) is 40.3. The molecule has 2 heterocycles. The molecule has 3 nitrogen and oxygen atoms in total. The molecule has 0 fully saturated rings. The maximum atomic E-state index is 2.41. The molecule has 61 heavy (non-hydrogen) atoms. The molecule has 12 rings (SSSR count). The molecule has 0 aliphatic heterocycles. The minimum atomic E-state index is 1.09. The van der Waals surface area contributed by atoms with Gasteiger partial charge in [-0.15, -0.1) is 0 Å². The number of para-hydroxylation sites is 4. The van der Waals surface area contributed by atoms with E-state index in [9.17, 15) is 0 Å². The summed E-state index contributed by atoms with van der Waals surface area (Å²) in [7, 11) is 0. The van der Waals surface area contributed by atoms with Gasteiger partial charge in [-0.1, -0.05) is 158 Å². The van der Waals surface area contributed by atoms with Crippen molar-refractivity contribution < 1.29 is 0 Å². The van der Waals surface area contributed by atoms with Crippen molar-refractivity contribution in [3.63, 3.8) is 0 Å². The van der Waals surface area contributed by atoms with Gasteiger partial charge in [0, 0.05) is 49.9 Å². The fourth-order valence-electron chi connectivity index (χ4n) is 9.45. The van der Waals surface area contributed by atoms with Crippen LogP contribution < -0.4 is 4.90 Å². The second kappa shape index (κ2) is 14.3. The Morgan fingerprint density at radius 3 is 1.48 bits per heavy atom. The first-order valence-corrected chi connectivity index (χ1v) is 20.9. The number of benzene rings is 10. The van der Waals surface area contributed by atoms with Crippen LogP contribution in [0.5, 0.6) is 0 Å². The summed E-state index contributed by atoms with van der Waals surface area (Å²) in [5.41, 5.74) is 15.1. The molecule has 0 spiro atoms. The third-order valence-electron chi connectivity index (χ3n) is 12.3. The Hall–Kier alpha value is -8.14. The van der Waals surface area contributed by atoms with Crippen LogP contribution in [-0.4, -0.2) is 9.13 Å². The van der Waals surface area contributed by atoms with E-state index in [0.717, 1.165) is 28.4 Å². The largest absolute Gasteiger partial charge is 0.310 e. The lowest BCUT2D eigenvalue weighted by molar-refractivity contribution is 1.18. The monoisotopic (exact) mass is 777 g/mol. The minimum absolute atomic E-state index is 1.09. The maximum Gasteiger partial charge on any atom is 0.0561 e. The van der Waals surface area contributed by atoms with Gasteiger partial charge in [-0.05, 0) is 106 Å². The van der Waals surface area contributed by atoms with E-state index >= 15 is 0 Å². The summed E-state index contributed by atoms with van der Waals surface area (Å²) in [4.78, 5) is 2.41. The number of aromatic nitrogens is 2. The van der Waals surface area contributed by atoms with Crippen LogP contribution >= 0.6 is 0 Å².